The Bertz CT molecular complexity index is 78.5. The van der Waals surface area contributed by atoms with Gasteiger partial charge in [0, 0.05) is 0 Å². The van der Waals surface area contributed by atoms with Crippen LogP contribution in [0.5, 0.6) is 0 Å². The van der Waals surface area contributed by atoms with Crippen LogP contribution in [0.3, 0.4) is 0 Å². The van der Waals surface area contributed by atoms with Gasteiger partial charge in [-0.05, 0) is 30.7 Å². The minimum Gasteiger partial charge on any atom is -0.330 e. The summed E-state index contributed by atoms with van der Waals surface area (Å²) in [5.74, 6) is 2.69. The first kappa shape index (κ1) is 6.09. The lowest BCUT2D eigenvalue weighted by atomic mass is 10.1. The molecule has 0 aromatic heterocycles. The summed E-state index contributed by atoms with van der Waals surface area (Å²) in [6, 6.07) is 0. The lowest BCUT2D eigenvalue weighted by Crippen LogP contribution is -2.12. The number of hydrogen-bond donors (Lipinski definition) is 1. The van der Waals surface area contributed by atoms with Crippen LogP contribution in [0.2, 0.25) is 0 Å². The molecule has 0 aliphatic heterocycles. The van der Waals surface area contributed by atoms with Crippen molar-refractivity contribution >= 4 is 0 Å². The normalized spacial score (nSPS) is 39.4. The highest BCUT2D eigenvalue weighted by atomic mass is 14.6. The summed E-state index contributed by atoms with van der Waals surface area (Å²) < 4.78 is 0. The molecule has 0 radical (unpaired) electrons. The summed E-state index contributed by atoms with van der Waals surface area (Å²) in [6.45, 7) is 5.42. The van der Waals surface area contributed by atoms with Crippen LogP contribution in [0, 0.1) is 17.8 Å². The molecule has 2 unspecified atom stereocenters. The monoisotopic (exact) mass is 113 g/mol. The van der Waals surface area contributed by atoms with Crippen molar-refractivity contribution in [1.29, 1.82) is 0 Å². The van der Waals surface area contributed by atoms with E-state index in [4.69, 9.17) is 5.73 Å². The Kier molecular flexibility index (Phi) is 1.57. The zero-order valence-corrected chi connectivity index (χ0v) is 5.72. The van der Waals surface area contributed by atoms with Gasteiger partial charge in [-0.1, -0.05) is 13.8 Å². The van der Waals surface area contributed by atoms with Crippen LogP contribution in [0.1, 0.15) is 20.3 Å². The average Bonchev–Trinajstić information content (AvgIpc) is 2.45. The summed E-state index contributed by atoms with van der Waals surface area (Å²) in [7, 11) is 0. The van der Waals surface area contributed by atoms with Crippen molar-refractivity contribution < 1.29 is 0 Å². The van der Waals surface area contributed by atoms with E-state index in [9.17, 15) is 0 Å². The van der Waals surface area contributed by atoms with E-state index in [-0.39, 0.29) is 0 Å². The van der Waals surface area contributed by atoms with E-state index >= 15 is 0 Å². The van der Waals surface area contributed by atoms with Gasteiger partial charge in [-0.15, -0.1) is 0 Å². The topological polar surface area (TPSA) is 26.0 Å². The van der Waals surface area contributed by atoms with E-state index in [2.05, 4.69) is 13.8 Å². The predicted molar refractivity (Wildman–Crippen MR) is 35.5 cm³/mol. The van der Waals surface area contributed by atoms with Gasteiger partial charge < -0.3 is 5.73 Å². The highest BCUT2D eigenvalue weighted by Crippen LogP contribution is 2.43. The van der Waals surface area contributed by atoms with Gasteiger partial charge in [0.25, 0.3) is 0 Å². The van der Waals surface area contributed by atoms with E-state index in [0.717, 1.165) is 24.3 Å². The molecular weight excluding hydrogens is 98.1 g/mol. The summed E-state index contributed by atoms with van der Waals surface area (Å²) in [5.41, 5.74) is 5.48. The Morgan fingerprint density at radius 3 is 2.38 bits per heavy atom. The fourth-order valence-corrected chi connectivity index (χ4v) is 1.32. The van der Waals surface area contributed by atoms with Crippen LogP contribution in [-0.4, -0.2) is 6.54 Å². The smallest absolute Gasteiger partial charge is 0.00488 e. The lowest BCUT2D eigenvalue weighted by Gasteiger charge is -2.03. The van der Waals surface area contributed by atoms with Crippen molar-refractivity contribution in [2.24, 2.45) is 23.5 Å². The first-order valence-corrected chi connectivity index (χ1v) is 3.45. The molecule has 8 heavy (non-hydrogen) atoms. The zero-order chi connectivity index (χ0) is 6.15. The molecule has 0 aromatic carbocycles. The molecule has 0 amide bonds. The maximum atomic E-state index is 5.48. The van der Waals surface area contributed by atoms with Gasteiger partial charge in [0.1, 0.15) is 0 Å². The van der Waals surface area contributed by atoms with Crippen LogP contribution in [0.15, 0.2) is 0 Å². The number of nitrogens with two attached hydrogens (primary N) is 1. The van der Waals surface area contributed by atoms with Crippen LogP contribution in [0.25, 0.3) is 0 Å². The molecule has 2 N–H and O–H groups in total. The standard InChI is InChI=1S/C7H15N/c1-5-3-7(5)6(2)4-8/h5-7H,3-4,8H2,1-2H3/t5-,6?,7?/m1/s1. The van der Waals surface area contributed by atoms with Crippen LogP contribution in [-0.2, 0) is 0 Å². The molecule has 0 spiro atoms. The van der Waals surface area contributed by atoms with Gasteiger partial charge in [0.05, 0.1) is 0 Å². The summed E-state index contributed by atoms with van der Waals surface area (Å²) in [4.78, 5) is 0. The quantitative estimate of drug-likeness (QED) is 0.573. The summed E-state index contributed by atoms with van der Waals surface area (Å²) in [5, 5.41) is 0. The zero-order valence-electron chi connectivity index (χ0n) is 5.72. The Morgan fingerprint density at radius 2 is 2.25 bits per heavy atom. The Hall–Kier alpha value is -0.0400. The van der Waals surface area contributed by atoms with Crippen molar-refractivity contribution in [3.05, 3.63) is 0 Å². The number of rotatable bonds is 2. The van der Waals surface area contributed by atoms with Gasteiger partial charge in [-0.3, -0.25) is 0 Å². The maximum absolute atomic E-state index is 5.48. The molecule has 0 bridgehead atoms. The van der Waals surface area contributed by atoms with Crippen molar-refractivity contribution in [2.75, 3.05) is 6.54 Å². The van der Waals surface area contributed by atoms with Crippen LogP contribution < -0.4 is 5.73 Å². The summed E-state index contributed by atoms with van der Waals surface area (Å²) in [6.07, 6.45) is 1.42. The van der Waals surface area contributed by atoms with E-state index in [1.807, 2.05) is 0 Å². The van der Waals surface area contributed by atoms with Crippen molar-refractivity contribution in [1.82, 2.24) is 0 Å². The van der Waals surface area contributed by atoms with Crippen LogP contribution in [0.4, 0.5) is 0 Å². The second-order valence-electron chi connectivity index (χ2n) is 3.09. The van der Waals surface area contributed by atoms with Crippen molar-refractivity contribution in [2.45, 2.75) is 20.3 Å². The Balaban J connectivity index is 2.18. The fourth-order valence-electron chi connectivity index (χ4n) is 1.32. The molecule has 3 atom stereocenters. The third kappa shape index (κ3) is 1.03. The second-order valence-corrected chi connectivity index (χ2v) is 3.09. The largest absolute Gasteiger partial charge is 0.330 e. The van der Waals surface area contributed by atoms with E-state index < -0.39 is 0 Å². The molecular formula is C7H15N. The van der Waals surface area contributed by atoms with Crippen molar-refractivity contribution in [3.63, 3.8) is 0 Å². The molecule has 1 rings (SSSR count). The molecule has 1 aliphatic rings. The molecule has 1 nitrogen and oxygen atoms in total. The SMILES string of the molecule is CC(CN)C1C[C@H]1C. The minimum absolute atomic E-state index is 0.769. The Morgan fingerprint density at radius 1 is 1.75 bits per heavy atom. The molecule has 1 heteroatoms. The molecule has 1 saturated carbocycles. The number of hydrogen-bond acceptors (Lipinski definition) is 1. The van der Waals surface area contributed by atoms with E-state index in [1.165, 1.54) is 6.42 Å². The van der Waals surface area contributed by atoms with Gasteiger partial charge in [0.15, 0.2) is 0 Å². The highest BCUT2D eigenvalue weighted by Gasteiger charge is 2.35. The van der Waals surface area contributed by atoms with Gasteiger partial charge in [-0.2, -0.15) is 0 Å². The molecule has 0 heterocycles. The first-order chi connectivity index (χ1) is 3.75. The minimum atomic E-state index is 0.769. The van der Waals surface area contributed by atoms with Gasteiger partial charge in [-0.25, -0.2) is 0 Å². The van der Waals surface area contributed by atoms with Gasteiger partial charge in [0.2, 0.25) is 0 Å². The second kappa shape index (κ2) is 2.06. The van der Waals surface area contributed by atoms with E-state index in [0.29, 0.717) is 0 Å². The lowest BCUT2D eigenvalue weighted by molar-refractivity contribution is 0.495. The molecule has 1 aliphatic carbocycles. The molecule has 48 valence electrons. The molecule has 0 saturated heterocycles. The van der Waals surface area contributed by atoms with Crippen LogP contribution >= 0.6 is 0 Å². The third-order valence-electron chi connectivity index (χ3n) is 2.27. The Labute approximate surface area is 51.3 Å². The maximum Gasteiger partial charge on any atom is -0.00488 e. The third-order valence-corrected chi connectivity index (χ3v) is 2.27. The molecule has 0 aromatic rings. The fraction of sp³-hybridized carbons (Fsp3) is 1.00. The predicted octanol–water partition coefficient (Wildman–Crippen LogP) is 1.24. The summed E-state index contributed by atoms with van der Waals surface area (Å²) >= 11 is 0. The van der Waals surface area contributed by atoms with E-state index in [1.54, 1.807) is 0 Å². The van der Waals surface area contributed by atoms with Crippen molar-refractivity contribution in [3.8, 4) is 0 Å². The molecule has 1 fully saturated rings. The van der Waals surface area contributed by atoms with Gasteiger partial charge >= 0.3 is 0 Å². The average molecular weight is 113 g/mol. The highest BCUT2D eigenvalue weighted by molar-refractivity contribution is 4.86. The first-order valence-electron chi connectivity index (χ1n) is 3.45.